The van der Waals surface area contributed by atoms with Crippen molar-refractivity contribution >= 4 is 5.78 Å². The lowest BCUT2D eigenvalue weighted by atomic mass is 10.1. The van der Waals surface area contributed by atoms with Crippen LogP contribution in [0.1, 0.15) is 45.9 Å². The third-order valence-electron chi connectivity index (χ3n) is 4.28. The number of aromatic nitrogens is 4. The predicted octanol–water partition coefficient (Wildman–Crippen LogP) is 5.18. The van der Waals surface area contributed by atoms with E-state index in [1.165, 1.54) is 10.6 Å². The third kappa shape index (κ3) is 6.04. The van der Waals surface area contributed by atoms with Crippen molar-refractivity contribution in [1.82, 2.24) is 24.9 Å². The molecule has 0 bridgehead atoms. The Morgan fingerprint density at radius 1 is 1.17 bits per heavy atom. The number of fused-ring (bicyclic) bond motifs is 1. The Morgan fingerprint density at radius 3 is 2.47 bits per heavy atom. The zero-order valence-corrected chi connectivity index (χ0v) is 18.9. The van der Waals surface area contributed by atoms with Crippen LogP contribution in [0.4, 0.5) is 0 Å². The van der Waals surface area contributed by atoms with Gasteiger partial charge in [0.1, 0.15) is 0 Å². The number of nitrogens with one attached hydrogen (secondary N) is 2. The van der Waals surface area contributed by atoms with Crippen LogP contribution in [0.15, 0.2) is 71.7 Å². The summed E-state index contributed by atoms with van der Waals surface area (Å²) in [6.07, 6.45) is 4.04. The molecule has 3 aromatic rings. The van der Waals surface area contributed by atoms with E-state index in [9.17, 15) is 4.79 Å². The van der Waals surface area contributed by atoms with Crippen molar-refractivity contribution in [1.29, 1.82) is 0 Å². The molecule has 2 N–H and O–H groups in total. The summed E-state index contributed by atoms with van der Waals surface area (Å²) in [6.45, 7) is 18.5. The molecule has 0 atom stereocenters. The average molecular weight is 408 g/mol. The molecule has 0 saturated heterocycles. The fourth-order valence-corrected chi connectivity index (χ4v) is 2.75. The van der Waals surface area contributed by atoms with E-state index in [1.54, 1.807) is 0 Å². The summed E-state index contributed by atoms with van der Waals surface area (Å²) in [4.78, 5) is 21.4. The highest BCUT2D eigenvalue weighted by Gasteiger charge is 2.10. The Balaban J connectivity index is 0.00000106. The monoisotopic (exact) mass is 407 g/mol. The van der Waals surface area contributed by atoms with Gasteiger partial charge in [0.05, 0.1) is 12.2 Å². The highest BCUT2D eigenvalue weighted by molar-refractivity contribution is 5.57. The van der Waals surface area contributed by atoms with Crippen LogP contribution < -0.4 is 10.9 Å². The number of hydrogen-bond donors (Lipinski definition) is 2. The highest BCUT2D eigenvalue weighted by atomic mass is 16.1. The lowest BCUT2D eigenvalue weighted by Crippen LogP contribution is -2.20. The van der Waals surface area contributed by atoms with Crippen LogP contribution in [0.5, 0.6) is 0 Å². The molecule has 6 heteroatoms. The minimum atomic E-state index is -0.178. The molecule has 0 spiro atoms. The SMILES string of the molecule is C/C=C(C)\C(=C/C)NCc1cc(=O)n2[nH]c(-c3cccc(C)c3)nc2n1.C=C.CC. The van der Waals surface area contributed by atoms with Crippen LogP contribution in [0.25, 0.3) is 17.2 Å². The Bertz CT molecular complexity index is 1070. The molecule has 0 radical (unpaired) electrons. The molecule has 2 aromatic heterocycles. The predicted molar refractivity (Wildman–Crippen MR) is 126 cm³/mol. The molecule has 0 aliphatic rings. The topological polar surface area (TPSA) is 75.1 Å². The second kappa shape index (κ2) is 12.2. The maximum atomic E-state index is 12.4. The highest BCUT2D eigenvalue weighted by Crippen LogP contribution is 2.16. The summed E-state index contributed by atoms with van der Waals surface area (Å²) >= 11 is 0. The molecule has 30 heavy (non-hydrogen) atoms. The Kier molecular flexibility index (Phi) is 10.0. The van der Waals surface area contributed by atoms with Crippen molar-refractivity contribution < 1.29 is 0 Å². The molecule has 0 saturated carbocycles. The number of rotatable bonds is 5. The first-order valence-corrected chi connectivity index (χ1v) is 10.1. The average Bonchev–Trinajstić information content (AvgIpc) is 3.22. The van der Waals surface area contributed by atoms with Gasteiger partial charge in [-0.1, -0.05) is 49.8 Å². The summed E-state index contributed by atoms with van der Waals surface area (Å²) in [6, 6.07) is 9.48. The fourth-order valence-electron chi connectivity index (χ4n) is 2.75. The van der Waals surface area contributed by atoms with Crippen LogP contribution in [-0.2, 0) is 6.54 Å². The van der Waals surface area contributed by atoms with E-state index in [0.717, 1.165) is 22.4 Å². The van der Waals surface area contributed by atoms with Gasteiger partial charge in [0.15, 0.2) is 5.82 Å². The van der Waals surface area contributed by atoms with Crippen molar-refractivity contribution in [2.24, 2.45) is 0 Å². The Labute approximate surface area is 179 Å². The maximum absolute atomic E-state index is 12.4. The Morgan fingerprint density at radius 2 is 1.87 bits per heavy atom. The normalized spacial score (nSPS) is 11.3. The number of H-pyrrole nitrogens is 1. The summed E-state index contributed by atoms with van der Waals surface area (Å²) in [5.41, 5.74) is 4.70. The van der Waals surface area contributed by atoms with Crippen LogP contribution >= 0.6 is 0 Å². The van der Waals surface area contributed by atoms with E-state index in [2.05, 4.69) is 33.5 Å². The van der Waals surface area contributed by atoms with Crippen LogP contribution in [0, 0.1) is 6.92 Å². The van der Waals surface area contributed by atoms with E-state index in [4.69, 9.17) is 0 Å². The number of nitrogens with zero attached hydrogens (tertiary/aromatic N) is 3. The van der Waals surface area contributed by atoms with Gasteiger partial charge in [0.25, 0.3) is 11.3 Å². The van der Waals surface area contributed by atoms with Gasteiger partial charge in [-0.05, 0) is 39.3 Å². The second-order valence-electron chi connectivity index (χ2n) is 6.19. The van der Waals surface area contributed by atoms with E-state index >= 15 is 0 Å². The zero-order valence-electron chi connectivity index (χ0n) is 18.9. The minimum Gasteiger partial charge on any atom is -0.379 e. The van der Waals surface area contributed by atoms with Gasteiger partial charge in [0.2, 0.25) is 0 Å². The van der Waals surface area contributed by atoms with Crippen molar-refractivity contribution in [3.8, 4) is 11.4 Å². The van der Waals surface area contributed by atoms with Gasteiger partial charge >= 0.3 is 0 Å². The largest absolute Gasteiger partial charge is 0.379 e. The van der Waals surface area contributed by atoms with E-state index < -0.39 is 0 Å². The number of benzene rings is 1. The first-order valence-electron chi connectivity index (χ1n) is 10.1. The molecule has 160 valence electrons. The smallest absolute Gasteiger partial charge is 0.274 e. The Hall–Kier alpha value is -3.41. The summed E-state index contributed by atoms with van der Waals surface area (Å²) in [5, 5.41) is 6.35. The van der Waals surface area contributed by atoms with Crippen LogP contribution in [0.2, 0.25) is 0 Å². The van der Waals surface area contributed by atoms with Gasteiger partial charge in [-0.3, -0.25) is 9.89 Å². The standard InChI is InChI=1S/C20H23N5O.C2H6.C2H4/c1-5-14(4)17(6-2)21-12-16-11-18(26)25-20(22-16)23-19(24-25)15-9-7-8-13(3)10-15;2*1-2/h5-11,21H,12H2,1-4H3,(H,22,23,24);1-2H3;1-2H2/b14-5-,17-6+;;. The van der Waals surface area contributed by atoms with Crippen molar-refractivity contribution in [3.05, 3.63) is 88.5 Å². The number of allylic oxidation sites excluding steroid dienone is 3. The van der Waals surface area contributed by atoms with Gasteiger partial charge in [-0.15, -0.1) is 13.2 Å². The molecule has 0 unspecified atom stereocenters. The minimum absolute atomic E-state index is 0.178. The molecule has 2 heterocycles. The summed E-state index contributed by atoms with van der Waals surface area (Å²) in [7, 11) is 0. The molecule has 0 aliphatic carbocycles. The molecular weight excluding hydrogens is 374 g/mol. The third-order valence-corrected chi connectivity index (χ3v) is 4.28. The van der Waals surface area contributed by atoms with Crippen molar-refractivity contribution in [2.45, 2.75) is 48.1 Å². The number of hydrogen-bond acceptors (Lipinski definition) is 4. The van der Waals surface area contributed by atoms with Crippen molar-refractivity contribution in [2.75, 3.05) is 0 Å². The lowest BCUT2D eigenvalue weighted by molar-refractivity contribution is 0.777. The first kappa shape index (κ1) is 24.6. The number of aryl methyl sites for hydroxylation is 1. The van der Waals surface area contributed by atoms with Gasteiger partial charge < -0.3 is 5.32 Å². The lowest BCUT2D eigenvalue weighted by Gasteiger charge is -2.10. The van der Waals surface area contributed by atoms with E-state index in [0.29, 0.717) is 23.8 Å². The first-order chi connectivity index (χ1) is 14.5. The van der Waals surface area contributed by atoms with E-state index in [1.807, 2.05) is 78.0 Å². The summed E-state index contributed by atoms with van der Waals surface area (Å²) < 4.78 is 1.37. The zero-order chi connectivity index (χ0) is 22.7. The summed E-state index contributed by atoms with van der Waals surface area (Å²) in [5.74, 6) is 0.998. The fraction of sp³-hybridized carbons (Fsp3) is 0.292. The molecule has 6 nitrogen and oxygen atoms in total. The van der Waals surface area contributed by atoms with Gasteiger partial charge in [-0.2, -0.15) is 9.50 Å². The molecular formula is C24H33N5O. The van der Waals surface area contributed by atoms with Crippen LogP contribution in [0.3, 0.4) is 0 Å². The van der Waals surface area contributed by atoms with Gasteiger partial charge in [0, 0.05) is 17.3 Å². The molecule has 0 amide bonds. The van der Waals surface area contributed by atoms with Crippen molar-refractivity contribution in [3.63, 3.8) is 0 Å². The van der Waals surface area contributed by atoms with Crippen LogP contribution in [-0.4, -0.2) is 19.6 Å². The molecule has 3 rings (SSSR count). The molecule has 0 aliphatic heterocycles. The molecule has 0 fully saturated rings. The van der Waals surface area contributed by atoms with E-state index in [-0.39, 0.29) is 5.56 Å². The molecule has 1 aromatic carbocycles. The number of aromatic amines is 1. The second-order valence-corrected chi connectivity index (χ2v) is 6.19. The quantitative estimate of drug-likeness (QED) is 0.451. The van der Waals surface area contributed by atoms with Gasteiger partial charge in [-0.25, -0.2) is 4.98 Å². The maximum Gasteiger partial charge on any atom is 0.274 e.